The summed E-state index contributed by atoms with van der Waals surface area (Å²) in [5.41, 5.74) is 4.00. The number of likely N-dealkylation sites (tertiary alicyclic amines) is 1. The topological polar surface area (TPSA) is 25.2 Å². The van der Waals surface area contributed by atoms with Crippen LogP contribution in [0.5, 0.6) is 0 Å². The van der Waals surface area contributed by atoms with E-state index in [1.165, 1.54) is 54.1 Å². The number of rotatable bonds is 6. The molecule has 0 N–H and O–H groups in total. The number of benzene rings is 2. The summed E-state index contributed by atoms with van der Waals surface area (Å²) in [5, 5.41) is 1.34. The van der Waals surface area contributed by atoms with Gasteiger partial charge >= 0.3 is 0 Å². The second-order valence-corrected chi connectivity index (χ2v) is 9.51. The Balaban J connectivity index is 1.51. The standard InChI is InChI=1S/C28H34N2O/c31-28(29-17-9-10-18-29)19-25(23-13-5-2-6-14-23)26-21-30(20-22-11-3-1-4-12-22)27-16-8-7-15-24(26)27/h1,3-4,7-8,11-12,15-16,21,23,25H,2,5-6,9-10,13-14,17-20H2/t25-/m1/s1. The van der Waals surface area contributed by atoms with Crippen molar-refractivity contribution in [3.8, 4) is 0 Å². The monoisotopic (exact) mass is 414 g/mol. The minimum atomic E-state index is 0.329. The van der Waals surface area contributed by atoms with Crippen molar-refractivity contribution in [1.29, 1.82) is 0 Å². The fourth-order valence-electron chi connectivity index (χ4n) is 5.83. The molecule has 1 aliphatic heterocycles. The zero-order chi connectivity index (χ0) is 21.0. The third-order valence-electron chi connectivity index (χ3n) is 7.49. The van der Waals surface area contributed by atoms with Gasteiger partial charge in [-0.05, 0) is 54.7 Å². The lowest BCUT2D eigenvalue weighted by Crippen LogP contribution is -2.31. The molecule has 2 aliphatic rings. The predicted octanol–water partition coefficient (Wildman–Crippen LogP) is 6.37. The van der Waals surface area contributed by atoms with Crippen molar-refractivity contribution >= 4 is 16.8 Å². The van der Waals surface area contributed by atoms with Gasteiger partial charge in [0.05, 0.1) is 0 Å². The van der Waals surface area contributed by atoms with Crippen LogP contribution in [0.2, 0.25) is 0 Å². The SMILES string of the molecule is O=C(C[C@@H](c1cn(Cc2ccccc2)c2ccccc12)C1CCCCC1)N1CCCC1. The van der Waals surface area contributed by atoms with Crippen LogP contribution in [0.1, 0.15) is 68.4 Å². The Morgan fingerprint density at radius 2 is 1.58 bits per heavy atom. The highest BCUT2D eigenvalue weighted by atomic mass is 16.2. The lowest BCUT2D eigenvalue weighted by Gasteiger charge is -2.31. The molecule has 0 radical (unpaired) electrons. The summed E-state index contributed by atoms with van der Waals surface area (Å²) < 4.78 is 2.40. The highest BCUT2D eigenvalue weighted by Gasteiger charge is 2.31. The van der Waals surface area contributed by atoms with Crippen LogP contribution in [-0.2, 0) is 11.3 Å². The molecule has 0 bridgehead atoms. The lowest BCUT2D eigenvalue weighted by atomic mass is 9.75. The van der Waals surface area contributed by atoms with Crippen molar-refractivity contribution in [1.82, 2.24) is 9.47 Å². The normalized spacial score (nSPS) is 18.5. The second-order valence-electron chi connectivity index (χ2n) is 9.51. The number of aromatic nitrogens is 1. The van der Waals surface area contributed by atoms with E-state index in [1.54, 1.807) is 0 Å². The summed E-state index contributed by atoms with van der Waals surface area (Å²) in [5.74, 6) is 1.32. The zero-order valence-corrected chi connectivity index (χ0v) is 18.5. The Bertz CT molecular complexity index is 1010. The molecule has 0 spiro atoms. The quantitative estimate of drug-likeness (QED) is 0.460. The molecule has 1 saturated carbocycles. The number of hydrogen-bond donors (Lipinski definition) is 0. The van der Waals surface area contributed by atoms with Crippen molar-refractivity contribution in [2.45, 2.75) is 63.8 Å². The first-order valence-electron chi connectivity index (χ1n) is 12.2. The summed E-state index contributed by atoms with van der Waals surface area (Å²) in [7, 11) is 0. The molecule has 31 heavy (non-hydrogen) atoms. The summed E-state index contributed by atoms with van der Waals surface area (Å²) in [6.07, 6.45) is 11.8. The number of amides is 1. The molecule has 1 aliphatic carbocycles. The van der Waals surface area contributed by atoms with Crippen LogP contribution in [-0.4, -0.2) is 28.5 Å². The largest absolute Gasteiger partial charge is 0.343 e. The highest BCUT2D eigenvalue weighted by Crippen LogP contribution is 2.42. The van der Waals surface area contributed by atoms with Gasteiger partial charge in [0.2, 0.25) is 5.91 Å². The van der Waals surface area contributed by atoms with Gasteiger partial charge in [-0.1, -0.05) is 67.8 Å². The van der Waals surface area contributed by atoms with Crippen LogP contribution in [0.3, 0.4) is 0 Å². The Kier molecular flexibility index (Phi) is 6.11. The van der Waals surface area contributed by atoms with E-state index in [-0.39, 0.29) is 0 Å². The molecule has 3 aromatic rings. The van der Waals surface area contributed by atoms with Crippen molar-refractivity contribution in [3.05, 3.63) is 71.9 Å². The molecule has 2 heterocycles. The molecule has 5 rings (SSSR count). The van der Waals surface area contributed by atoms with Crippen LogP contribution in [0.15, 0.2) is 60.8 Å². The van der Waals surface area contributed by atoms with Gasteiger partial charge < -0.3 is 9.47 Å². The molecular formula is C28H34N2O. The van der Waals surface area contributed by atoms with E-state index in [9.17, 15) is 4.79 Å². The van der Waals surface area contributed by atoms with E-state index in [4.69, 9.17) is 0 Å². The Morgan fingerprint density at radius 3 is 2.35 bits per heavy atom. The van der Waals surface area contributed by atoms with Crippen LogP contribution >= 0.6 is 0 Å². The first-order chi connectivity index (χ1) is 15.3. The average molecular weight is 415 g/mol. The number of nitrogens with zero attached hydrogens (tertiary/aromatic N) is 2. The minimum Gasteiger partial charge on any atom is -0.343 e. The highest BCUT2D eigenvalue weighted by molar-refractivity contribution is 5.86. The number of para-hydroxylation sites is 1. The smallest absolute Gasteiger partial charge is 0.223 e. The summed E-state index contributed by atoms with van der Waals surface area (Å²) in [6.45, 7) is 2.77. The number of fused-ring (bicyclic) bond motifs is 1. The van der Waals surface area contributed by atoms with E-state index >= 15 is 0 Å². The number of carbonyl (C=O) groups is 1. The van der Waals surface area contributed by atoms with Crippen LogP contribution in [0, 0.1) is 5.92 Å². The molecule has 3 heteroatoms. The summed E-state index contributed by atoms with van der Waals surface area (Å²) in [4.78, 5) is 15.3. The molecule has 3 nitrogen and oxygen atoms in total. The van der Waals surface area contributed by atoms with Gasteiger partial charge in [0.25, 0.3) is 0 Å². The van der Waals surface area contributed by atoms with Crippen LogP contribution in [0.25, 0.3) is 10.9 Å². The van der Waals surface area contributed by atoms with E-state index in [2.05, 4.69) is 70.3 Å². The van der Waals surface area contributed by atoms with Crippen molar-refractivity contribution in [2.75, 3.05) is 13.1 Å². The predicted molar refractivity (Wildman–Crippen MR) is 127 cm³/mol. The third-order valence-corrected chi connectivity index (χ3v) is 7.49. The van der Waals surface area contributed by atoms with Gasteiger partial charge in [-0.2, -0.15) is 0 Å². The van der Waals surface area contributed by atoms with Crippen molar-refractivity contribution < 1.29 is 4.79 Å². The number of hydrogen-bond acceptors (Lipinski definition) is 1. The van der Waals surface area contributed by atoms with Crippen LogP contribution < -0.4 is 0 Å². The molecule has 0 unspecified atom stereocenters. The third kappa shape index (κ3) is 4.42. The van der Waals surface area contributed by atoms with E-state index < -0.39 is 0 Å². The molecule has 162 valence electrons. The molecule has 1 aromatic heterocycles. The van der Waals surface area contributed by atoms with E-state index in [0.29, 0.717) is 24.2 Å². The summed E-state index contributed by atoms with van der Waals surface area (Å²) >= 11 is 0. The van der Waals surface area contributed by atoms with E-state index in [1.807, 2.05) is 0 Å². The minimum absolute atomic E-state index is 0.329. The fraction of sp³-hybridized carbons (Fsp3) is 0.464. The number of carbonyl (C=O) groups excluding carboxylic acids is 1. The van der Waals surface area contributed by atoms with Crippen molar-refractivity contribution in [2.24, 2.45) is 5.92 Å². The molecule has 2 aromatic carbocycles. The summed E-state index contributed by atoms with van der Waals surface area (Å²) in [6, 6.07) is 19.5. The Morgan fingerprint density at radius 1 is 0.871 bits per heavy atom. The van der Waals surface area contributed by atoms with Crippen molar-refractivity contribution in [3.63, 3.8) is 0 Å². The van der Waals surface area contributed by atoms with Gasteiger partial charge in [-0.15, -0.1) is 0 Å². The lowest BCUT2D eigenvalue weighted by molar-refractivity contribution is -0.130. The zero-order valence-electron chi connectivity index (χ0n) is 18.5. The van der Waals surface area contributed by atoms with Crippen LogP contribution in [0.4, 0.5) is 0 Å². The second kappa shape index (κ2) is 9.30. The molecule has 1 saturated heterocycles. The van der Waals surface area contributed by atoms with Gasteiger partial charge in [0, 0.05) is 43.2 Å². The van der Waals surface area contributed by atoms with E-state index in [0.717, 1.165) is 32.5 Å². The Hall–Kier alpha value is -2.55. The van der Waals surface area contributed by atoms with Gasteiger partial charge in [-0.25, -0.2) is 0 Å². The maximum Gasteiger partial charge on any atom is 0.223 e. The molecule has 1 atom stereocenters. The Labute approximate surface area is 186 Å². The molecular weight excluding hydrogens is 380 g/mol. The molecule has 2 fully saturated rings. The molecule has 1 amide bonds. The average Bonchev–Trinajstić information content (AvgIpc) is 3.48. The fourth-order valence-corrected chi connectivity index (χ4v) is 5.83. The van der Waals surface area contributed by atoms with Gasteiger partial charge in [-0.3, -0.25) is 4.79 Å². The maximum atomic E-state index is 13.2. The van der Waals surface area contributed by atoms with Gasteiger partial charge in [0.15, 0.2) is 0 Å². The first kappa shape index (κ1) is 20.4. The maximum absolute atomic E-state index is 13.2. The van der Waals surface area contributed by atoms with Gasteiger partial charge in [0.1, 0.15) is 0 Å². The first-order valence-corrected chi connectivity index (χ1v) is 12.2.